The van der Waals surface area contributed by atoms with Crippen molar-refractivity contribution in [3.05, 3.63) is 30.1 Å². The summed E-state index contributed by atoms with van der Waals surface area (Å²) in [6.07, 6.45) is 0.824. The van der Waals surface area contributed by atoms with Gasteiger partial charge in [0.05, 0.1) is 4.90 Å². The lowest BCUT2D eigenvalue weighted by atomic mass is 10.4. The minimum Gasteiger partial charge on any atom is -0.211 e. The zero-order chi connectivity index (χ0) is 13.8. The Kier molecular flexibility index (Phi) is 5.07. The molecule has 0 fully saturated rings. The molecule has 0 saturated carbocycles. The van der Waals surface area contributed by atoms with Gasteiger partial charge in [0.2, 0.25) is 10.0 Å². The normalized spacial score (nSPS) is 12.7. The van der Waals surface area contributed by atoms with E-state index in [0.717, 1.165) is 18.5 Å². The molecule has 1 N–H and O–H groups in total. The smallest absolute Gasteiger partial charge is 0.211 e. The fourth-order valence-electron chi connectivity index (χ4n) is 1.54. The van der Waals surface area contributed by atoms with E-state index < -0.39 is 23.9 Å². The van der Waals surface area contributed by atoms with E-state index >= 15 is 0 Å². The highest BCUT2D eigenvalue weighted by molar-refractivity contribution is 7.89. The number of benzene rings is 1. The Morgan fingerprint density at radius 2 is 1.94 bits per heavy atom. The summed E-state index contributed by atoms with van der Waals surface area (Å²) in [5.41, 5.74) is 0. The van der Waals surface area contributed by atoms with Gasteiger partial charge in [0.15, 0.2) is 0 Å². The highest BCUT2D eigenvalue weighted by atomic mass is 32.2. The maximum atomic E-state index is 13.0. The van der Waals surface area contributed by atoms with Gasteiger partial charge < -0.3 is 0 Å². The molecule has 0 saturated heterocycles. The first kappa shape index (κ1) is 15.3. The molecule has 0 aliphatic rings. The quantitative estimate of drug-likeness (QED) is 0.646. The second kappa shape index (κ2) is 5.95. The van der Waals surface area contributed by atoms with E-state index in [9.17, 15) is 12.8 Å². The van der Waals surface area contributed by atoms with E-state index in [-0.39, 0.29) is 4.90 Å². The number of sulfonamides is 1. The van der Waals surface area contributed by atoms with Gasteiger partial charge in [0.1, 0.15) is 5.82 Å². The van der Waals surface area contributed by atoms with Crippen LogP contribution in [0.3, 0.4) is 0 Å². The number of rotatable bonds is 6. The molecule has 0 aliphatic heterocycles. The first-order chi connectivity index (χ1) is 8.21. The predicted molar refractivity (Wildman–Crippen MR) is 74.4 cm³/mol. The molecule has 0 aliphatic carbocycles. The molecule has 0 aromatic heterocycles. The molecule has 0 unspecified atom stereocenters. The van der Waals surface area contributed by atoms with Crippen molar-refractivity contribution in [1.82, 2.24) is 4.72 Å². The molecule has 0 atom stereocenters. The maximum absolute atomic E-state index is 13.0. The molecule has 0 amide bonds. The van der Waals surface area contributed by atoms with Gasteiger partial charge in [-0.15, -0.1) is 0 Å². The summed E-state index contributed by atoms with van der Waals surface area (Å²) in [6, 6.07) is 6.11. The first-order valence-electron chi connectivity index (χ1n) is 5.96. The number of nitrogens with one attached hydrogen (secondary N) is 1. The highest BCUT2D eigenvalue weighted by Crippen LogP contribution is 2.12. The van der Waals surface area contributed by atoms with Crippen molar-refractivity contribution in [3.63, 3.8) is 0 Å². The fourth-order valence-corrected chi connectivity index (χ4v) is 3.89. The van der Waals surface area contributed by atoms with E-state index in [2.05, 4.69) is 24.4 Å². The third-order valence-corrected chi connectivity index (χ3v) is 5.81. The van der Waals surface area contributed by atoms with Gasteiger partial charge in [0, 0.05) is 14.6 Å². The molecule has 6 heteroatoms. The molecular formula is C12H20FNO2SSi. The van der Waals surface area contributed by atoms with Crippen molar-refractivity contribution in [2.75, 3.05) is 6.54 Å². The lowest BCUT2D eigenvalue weighted by Gasteiger charge is -2.15. The molecule has 0 radical (unpaired) electrons. The molecule has 0 spiro atoms. The van der Waals surface area contributed by atoms with Crippen LogP contribution < -0.4 is 4.72 Å². The van der Waals surface area contributed by atoms with Crippen molar-refractivity contribution in [1.29, 1.82) is 0 Å². The summed E-state index contributed by atoms with van der Waals surface area (Å²) < 4.78 is 39.1. The topological polar surface area (TPSA) is 46.2 Å². The van der Waals surface area contributed by atoms with E-state index in [1.807, 2.05) is 0 Å². The molecule has 18 heavy (non-hydrogen) atoms. The minimum atomic E-state index is -3.58. The zero-order valence-corrected chi connectivity index (χ0v) is 12.8. The van der Waals surface area contributed by atoms with E-state index in [4.69, 9.17) is 0 Å². The standard InChI is InChI=1S/C12H20FNO2SSi/c1-18(2,3)9-5-8-14-17(15,16)12-7-4-6-11(13)10-12/h4,6-7,10,14H,5,8-9H2,1-3H3. The SMILES string of the molecule is C[Si](C)(C)CCCNS(=O)(=O)c1cccc(F)c1. The molecule has 1 aromatic rings. The van der Waals surface area contributed by atoms with Crippen molar-refractivity contribution in [2.24, 2.45) is 0 Å². The largest absolute Gasteiger partial charge is 0.240 e. The first-order valence-corrected chi connectivity index (χ1v) is 11.1. The summed E-state index contributed by atoms with van der Waals surface area (Å²) in [6.45, 7) is 7.14. The monoisotopic (exact) mass is 289 g/mol. The second-order valence-corrected chi connectivity index (χ2v) is 12.9. The summed E-state index contributed by atoms with van der Waals surface area (Å²) in [5, 5.41) is 0. The Balaban J connectivity index is 2.56. The lowest BCUT2D eigenvalue weighted by molar-refractivity contribution is 0.576. The Morgan fingerprint density at radius 1 is 1.28 bits per heavy atom. The van der Waals surface area contributed by atoms with Gasteiger partial charge in [-0.2, -0.15) is 0 Å². The average Bonchev–Trinajstić information content (AvgIpc) is 2.23. The van der Waals surface area contributed by atoms with Gasteiger partial charge >= 0.3 is 0 Å². The molecule has 102 valence electrons. The van der Waals surface area contributed by atoms with Crippen LogP contribution in [0.15, 0.2) is 29.2 Å². The van der Waals surface area contributed by atoms with Crippen LogP contribution >= 0.6 is 0 Å². The van der Waals surface area contributed by atoms with Crippen molar-refractivity contribution in [3.8, 4) is 0 Å². The Morgan fingerprint density at radius 3 is 2.50 bits per heavy atom. The Bertz CT molecular complexity index is 497. The number of hydrogen-bond acceptors (Lipinski definition) is 2. The van der Waals surface area contributed by atoms with Crippen LogP contribution in [0.25, 0.3) is 0 Å². The maximum Gasteiger partial charge on any atom is 0.240 e. The fraction of sp³-hybridized carbons (Fsp3) is 0.500. The van der Waals surface area contributed by atoms with Crippen LogP contribution in [-0.4, -0.2) is 23.0 Å². The molecular weight excluding hydrogens is 269 g/mol. The van der Waals surface area contributed by atoms with Crippen molar-refractivity contribution in [2.45, 2.75) is 37.0 Å². The van der Waals surface area contributed by atoms with E-state index in [1.54, 1.807) is 0 Å². The minimum absolute atomic E-state index is 0.0181. The molecule has 1 rings (SSSR count). The van der Waals surface area contributed by atoms with Crippen LogP contribution in [-0.2, 0) is 10.0 Å². The lowest BCUT2D eigenvalue weighted by Crippen LogP contribution is -2.27. The van der Waals surface area contributed by atoms with Gasteiger partial charge in [-0.3, -0.25) is 0 Å². The Labute approximate surface area is 109 Å². The van der Waals surface area contributed by atoms with Gasteiger partial charge in [-0.25, -0.2) is 17.5 Å². The van der Waals surface area contributed by atoms with Crippen LogP contribution in [0.2, 0.25) is 25.7 Å². The summed E-state index contributed by atoms with van der Waals surface area (Å²) in [4.78, 5) is -0.0181. The number of halogens is 1. The third kappa shape index (κ3) is 5.28. The average molecular weight is 289 g/mol. The Hall–Kier alpha value is -0.723. The highest BCUT2D eigenvalue weighted by Gasteiger charge is 2.16. The predicted octanol–water partition coefficient (Wildman–Crippen LogP) is 2.83. The molecule has 0 heterocycles. The molecule has 1 aromatic carbocycles. The number of hydrogen-bond donors (Lipinski definition) is 1. The molecule has 0 bridgehead atoms. The van der Waals surface area contributed by atoms with Crippen molar-refractivity contribution < 1.29 is 12.8 Å². The van der Waals surface area contributed by atoms with Crippen LogP contribution in [0.5, 0.6) is 0 Å². The second-order valence-electron chi connectivity index (χ2n) is 5.52. The van der Waals surface area contributed by atoms with Crippen LogP contribution in [0.4, 0.5) is 4.39 Å². The van der Waals surface area contributed by atoms with Gasteiger partial charge in [0.25, 0.3) is 0 Å². The third-order valence-electron chi connectivity index (χ3n) is 2.50. The van der Waals surface area contributed by atoms with E-state index in [0.29, 0.717) is 6.54 Å². The van der Waals surface area contributed by atoms with Gasteiger partial charge in [-0.1, -0.05) is 31.8 Å². The summed E-state index contributed by atoms with van der Waals surface area (Å²) >= 11 is 0. The van der Waals surface area contributed by atoms with Gasteiger partial charge in [-0.05, 0) is 24.6 Å². The van der Waals surface area contributed by atoms with Crippen LogP contribution in [0.1, 0.15) is 6.42 Å². The van der Waals surface area contributed by atoms with Crippen molar-refractivity contribution >= 4 is 18.1 Å². The van der Waals surface area contributed by atoms with E-state index in [1.165, 1.54) is 18.2 Å². The summed E-state index contributed by atoms with van der Waals surface area (Å²) in [5.74, 6) is -0.542. The summed E-state index contributed by atoms with van der Waals surface area (Å²) in [7, 11) is -4.71. The van der Waals surface area contributed by atoms with Crippen LogP contribution in [0, 0.1) is 5.82 Å². The zero-order valence-electron chi connectivity index (χ0n) is 11.0. The molecule has 3 nitrogen and oxygen atoms in total.